The maximum absolute atomic E-state index is 11.9. The Morgan fingerprint density at radius 2 is 2.25 bits per heavy atom. The van der Waals surface area contributed by atoms with Crippen molar-refractivity contribution in [2.24, 2.45) is 5.92 Å². The number of nitrogens with one attached hydrogen (secondary N) is 1. The molecule has 1 saturated heterocycles. The number of nitrogens with zero attached hydrogens (tertiary/aromatic N) is 2. The molecule has 3 N–H and O–H groups in total. The predicted octanol–water partition coefficient (Wildman–Crippen LogP) is 1.72. The van der Waals surface area contributed by atoms with Gasteiger partial charge in [0.15, 0.2) is 5.13 Å². The van der Waals surface area contributed by atoms with E-state index in [9.17, 15) is 4.79 Å². The zero-order chi connectivity index (χ0) is 13.9. The Morgan fingerprint density at radius 1 is 1.45 bits per heavy atom. The van der Waals surface area contributed by atoms with Crippen LogP contribution < -0.4 is 11.1 Å². The Hall–Kier alpha value is -1.14. The second-order valence-corrected chi connectivity index (χ2v) is 6.92. The van der Waals surface area contributed by atoms with Crippen LogP contribution in [0.25, 0.3) is 0 Å². The third-order valence-corrected chi connectivity index (χ3v) is 5.28. The van der Waals surface area contributed by atoms with Crippen LogP contribution in [0.5, 0.6) is 0 Å². The number of thiazole rings is 1. The minimum atomic E-state index is -0.0430. The third-order valence-electron chi connectivity index (χ3n) is 4.46. The first-order chi connectivity index (χ1) is 9.72. The summed E-state index contributed by atoms with van der Waals surface area (Å²) in [6, 6.07) is 0.803. The van der Waals surface area contributed by atoms with Crippen LogP contribution in [0.4, 0.5) is 5.13 Å². The summed E-state index contributed by atoms with van der Waals surface area (Å²) in [5, 5.41) is 3.46. The van der Waals surface area contributed by atoms with Gasteiger partial charge in [-0.2, -0.15) is 0 Å². The highest BCUT2D eigenvalue weighted by molar-refractivity contribution is 7.17. The fraction of sp³-hybridized carbons (Fsp3) is 0.714. The van der Waals surface area contributed by atoms with Gasteiger partial charge in [0.05, 0.1) is 6.20 Å². The lowest BCUT2D eigenvalue weighted by Crippen LogP contribution is -2.34. The number of hydrogen-bond donors (Lipinski definition) is 2. The van der Waals surface area contributed by atoms with Gasteiger partial charge in [0, 0.05) is 19.1 Å². The van der Waals surface area contributed by atoms with Gasteiger partial charge in [-0.15, -0.1) is 0 Å². The van der Waals surface area contributed by atoms with Crippen LogP contribution >= 0.6 is 11.3 Å². The van der Waals surface area contributed by atoms with Crippen molar-refractivity contribution in [2.45, 2.75) is 38.1 Å². The predicted molar refractivity (Wildman–Crippen MR) is 80.8 cm³/mol. The SMILES string of the molecule is Nc1ncc(C(=O)NCC2CCN(C3CCCC3)C2)s1. The molecular formula is C14H22N4OS. The van der Waals surface area contributed by atoms with Crippen molar-refractivity contribution < 1.29 is 4.79 Å². The molecule has 0 radical (unpaired) electrons. The first-order valence-electron chi connectivity index (χ1n) is 7.46. The lowest BCUT2D eigenvalue weighted by atomic mass is 10.1. The highest BCUT2D eigenvalue weighted by Crippen LogP contribution is 2.28. The summed E-state index contributed by atoms with van der Waals surface area (Å²) in [5.41, 5.74) is 5.54. The Morgan fingerprint density at radius 3 is 2.95 bits per heavy atom. The summed E-state index contributed by atoms with van der Waals surface area (Å²) < 4.78 is 0. The maximum Gasteiger partial charge on any atom is 0.263 e. The highest BCUT2D eigenvalue weighted by atomic mass is 32.1. The number of nitrogens with two attached hydrogens (primary N) is 1. The Bertz CT molecular complexity index is 469. The highest BCUT2D eigenvalue weighted by Gasteiger charge is 2.30. The van der Waals surface area contributed by atoms with Crippen LogP contribution in [0.2, 0.25) is 0 Å². The average Bonchev–Trinajstić information content (AvgIpc) is 3.16. The van der Waals surface area contributed by atoms with Crippen LogP contribution in [0, 0.1) is 5.92 Å². The minimum Gasteiger partial charge on any atom is -0.375 e. The van der Waals surface area contributed by atoms with E-state index in [0.717, 1.165) is 19.1 Å². The number of amides is 1. The summed E-state index contributed by atoms with van der Waals surface area (Å²) in [4.78, 5) is 19.1. The maximum atomic E-state index is 11.9. The van der Waals surface area contributed by atoms with Crippen molar-refractivity contribution in [2.75, 3.05) is 25.4 Å². The van der Waals surface area contributed by atoms with Gasteiger partial charge in [0.2, 0.25) is 0 Å². The molecule has 0 bridgehead atoms. The molecule has 0 spiro atoms. The number of rotatable bonds is 4. The van der Waals surface area contributed by atoms with E-state index in [1.54, 1.807) is 6.20 Å². The van der Waals surface area contributed by atoms with Crippen LogP contribution in [-0.2, 0) is 0 Å². The third kappa shape index (κ3) is 3.12. The molecule has 1 aromatic rings. The lowest BCUT2D eigenvalue weighted by Gasteiger charge is -2.23. The van der Waals surface area contributed by atoms with E-state index in [4.69, 9.17) is 5.73 Å². The molecule has 110 valence electrons. The fourth-order valence-electron chi connectivity index (χ4n) is 3.35. The van der Waals surface area contributed by atoms with Crippen molar-refractivity contribution in [3.63, 3.8) is 0 Å². The Kier molecular flexibility index (Phi) is 4.21. The summed E-state index contributed by atoms with van der Waals surface area (Å²) in [5.74, 6) is 0.545. The molecule has 1 atom stereocenters. The summed E-state index contributed by atoms with van der Waals surface area (Å²) >= 11 is 1.24. The van der Waals surface area contributed by atoms with Crippen molar-refractivity contribution >= 4 is 22.4 Å². The van der Waals surface area contributed by atoms with Crippen molar-refractivity contribution in [1.29, 1.82) is 0 Å². The van der Waals surface area contributed by atoms with Crippen LogP contribution in [0.3, 0.4) is 0 Å². The molecule has 1 aromatic heterocycles. The monoisotopic (exact) mass is 294 g/mol. The van der Waals surface area contributed by atoms with Gasteiger partial charge in [-0.25, -0.2) is 4.98 Å². The number of carbonyl (C=O) groups is 1. The number of hydrogen-bond acceptors (Lipinski definition) is 5. The van der Waals surface area contributed by atoms with Crippen molar-refractivity contribution in [1.82, 2.24) is 15.2 Å². The van der Waals surface area contributed by atoms with Gasteiger partial charge in [-0.3, -0.25) is 4.79 Å². The molecule has 1 saturated carbocycles. The molecule has 2 aliphatic rings. The van der Waals surface area contributed by atoms with Crippen molar-refractivity contribution in [3.8, 4) is 0 Å². The van der Waals surface area contributed by atoms with Gasteiger partial charge in [-0.1, -0.05) is 24.2 Å². The second kappa shape index (κ2) is 6.10. The Labute approximate surface area is 123 Å². The standard InChI is InChI=1S/C14H22N4OS/c15-14-17-8-12(20-14)13(19)16-7-10-5-6-18(9-10)11-3-1-2-4-11/h8,10-11H,1-7,9H2,(H2,15,17)(H,16,19). The Balaban J connectivity index is 1.44. The topological polar surface area (TPSA) is 71.2 Å². The molecule has 5 nitrogen and oxygen atoms in total. The number of likely N-dealkylation sites (tertiary alicyclic amines) is 1. The van der Waals surface area contributed by atoms with E-state index in [0.29, 0.717) is 15.9 Å². The fourth-order valence-corrected chi connectivity index (χ4v) is 3.95. The van der Waals surface area contributed by atoms with E-state index in [2.05, 4.69) is 15.2 Å². The van der Waals surface area contributed by atoms with E-state index in [1.807, 2.05) is 0 Å². The average molecular weight is 294 g/mol. The number of anilines is 1. The zero-order valence-corrected chi connectivity index (χ0v) is 12.5. The number of carbonyl (C=O) groups excluding carboxylic acids is 1. The molecule has 6 heteroatoms. The normalized spacial score (nSPS) is 24.3. The van der Waals surface area contributed by atoms with E-state index >= 15 is 0 Å². The molecule has 1 aliphatic heterocycles. The van der Waals surface area contributed by atoms with Gasteiger partial charge in [0.25, 0.3) is 5.91 Å². The second-order valence-electron chi connectivity index (χ2n) is 5.86. The van der Waals surface area contributed by atoms with Crippen LogP contribution in [0.15, 0.2) is 6.20 Å². The smallest absolute Gasteiger partial charge is 0.263 e. The molecule has 1 unspecified atom stereocenters. The quantitative estimate of drug-likeness (QED) is 0.887. The molecule has 1 amide bonds. The molecular weight excluding hydrogens is 272 g/mol. The summed E-state index contributed by atoms with van der Waals surface area (Å²) in [7, 11) is 0. The lowest BCUT2D eigenvalue weighted by molar-refractivity contribution is 0.0950. The van der Waals surface area contributed by atoms with Crippen LogP contribution in [0.1, 0.15) is 41.8 Å². The van der Waals surface area contributed by atoms with E-state index < -0.39 is 0 Å². The van der Waals surface area contributed by atoms with Crippen molar-refractivity contribution in [3.05, 3.63) is 11.1 Å². The van der Waals surface area contributed by atoms with Gasteiger partial charge in [-0.05, 0) is 31.7 Å². The summed E-state index contributed by atoms with van der Waals surface area (Å²) in [6.07, 6.45) is 8.24. The van der Waals surface area contributed by atoms with Crippen LogP contribution in [-0.4, -0.2) is 41.5 Å². The van der Waals surface area contributed by atoms with Gasteiger partial charge >= 0.3 is 0 Å². The van der Waals surface area contributed by atoms with E-state index in [1.165, 1.54) is 50.0 Å². The van der Waals surface area contributed by atoms with Gasteiger partial charge in [0.1, 0.15) is 4.88 Å². The summed E-state index contributed by atoms with van der Waals surface area (Å²) in [6.45, 7) is 3.09. The first kappa shape index (κ1) is 13.8. The largest absolute Gasteiger partial charge is 0.375 e. The molecule has 0 aromatic carbocycles. The molecule has 1 aliphatic carbocycles. The van der Waals surface area contributed by atoms with E-state index in [-0.39, 0.29) is 5.91 Å². The molecule has 20 heavy (non-hydrogen) atoms. The van der Waals surface area contributed by atoms with Gasteiger partial charge < -0.3 is 16.0 Å². The molecule has 2 fully saturated rings. The molecule has 2 heterocycles. The molecule has 3 rings (SSSR count). The minimum absolute atomic E-state index is 0.0430. The number of aromatic nitrogens is 1. The zero-order valence-electron chi connectivity index (χ0n) is 11.7. The number of nitrogen functional groups attached to an aromatic ring is 1. The first-order valence-corrected chi connectivity index (χ1v) is 8.27.